The minimum Gasteiger partial charge on any atom is -0.326 e. The Hall–Kier alpha value is -1.84. The van der Waals surface area contributed by atoms with Crippen LogP contribution in [0.4, 0.5) is 5.69 Å². The third-order valence-electron chi connectivity index (χ3n) is 3.20. The molecule has 5 heteroatoms. The van der Waals surface area contributed by atoms with Crippen molar-refractivity contribution in [2.24, 2.45) is 0 Å². The smallest absolute Gasteiger partial charge is 0.224 e. The van der Waals surface area contributed by atoms with Crippen molar-refractivity contribution in [3.8, 4) is 0 Å². The zero-order valence-electron chi connectivity index (χ0n) is 12.0. The van der Waals surface area contributed by atoms with Gasteiger partial charge in [-0.05, 0) is 48.9 Å². The monoisotopic (exact) mass is 335 g/mol. The average molecular weight is 336 g/mol. The SMILES string of the molecule is Cc1ccc(NC(=O)CCC(=O)c2ccc(Cl)cc2)cc1Cl. The maximum atomic E-state index is 12.0. The number of Topliss-reactive ketones (excluding diaryl/α,β-unsaturated/α-hetero) is 1. The van der Waals surface area contributed by atoms with Gasteiger partial charge in [0.1, 0.15) is 0 Å². The van der Waals surface area contributed by atoms with Crippen molar-refractivity contribution in [2.75, 3.05) is 5.32 Å². The van der Waals surface area contributed by atoms with Gasteiger partial charge < -0.3 is 5.32 Å². The summed E-state index contributed by atoms with van der Waals surface area (Å²) < 4.78 is 0. The molecule has 0 atom stereocenters. The molecule has 0 aliphatic rings. The Kier molecular flexibility index (Phi) is 5.58. The summed E-state index contributed by atoms with van der Waals surface area (Å²) in [5, 5.41) is 3.90. The minimum atomic E-state index is -0.220. The second-order valence-electron chi connectivity index (χ2n) is 4.94. The molecule has 2 aromatic rings. The van der Waals surface area contributed by atoms with E-state index < -0.39 is 0 Å². The summed E-state index contributed by atoms with van der Waals surface area (Å²) in [6, 6.07) is 11.9. The highest BCUT2D eigenvalue weighted by Crippen LogP contribution is 2.20. The van der Waals surface area contributed by atoms with E-state index >= 15 is 0 Å². The van der Waals surface area contributed by atoms with Crippen LogP contribution in [0.3, 0.4) is 0 Å². The zero-order chi connectivity index (χ0) is 16.1. The van der Waals surface area contributed by atoms with Gasteiger partial charge in [-0.1, -0.05) is 29.3 Å². The summed E-state index contributed by atoms with van der Waals surface area (Å²) in [6.45, 7) is 1.89. The summed E-state index contributed by atoms with van der Waals surface area (Å²) in [5.41, 5.74) is 2.12. The molecule has 0 saturated carbocycles. The van der Waals surface area contributed by atoms with E-state index in [1.54, 1.807) is 36.4 Å². The molecule has 1 amide bonds. The Bertz CT molecular complexity index is 696. The predicted octanol–water partition coefficient (Wildman–Crippen LogP) is 4.90. The number of aryl methyl sites for hydroxylation is 1. The normalized spacial score (nSPS) is 10.3. The van der Waals surface area contributed by atoms with Crippen molar-refractivity contribution >= 4 is 40.6 Å². The summed E-state index contributed by atoms with van der Waals surface area (Å²) in [7, 11) is 0. The van der Waals surface area contributed by atoms with Crippen molar-refractivity contribution in [3.63, 3.8) is 0 Å². The number of hydrogen-bond donors (Lipinski definition) is 1. The van der Waals surface area contributed by atoms with Crippen LogP contribution in [0.5, 0.6) is 0 Å². The first-order chi connectivity index (χ1) is 10.5. The number of carbonyl (C=O) groups excluding carboxylic acids is 2. The van der Waals surface area contributed by atoms with Gasteiger partial charge in [0.05, 0.1) is 0 Å². The van der Waals surface area contributed by atoms with Gasteiger partial charge in [0.2, 0.25) is 5.91 Å². The molecule has 0 fully saturated rings. The first kappa shape index (κ1) is 16.5. The lowest BCUT2D eigenvalue weighted by Gasteiger charge is -2.07. The Labute approximate surface area is 139 Å². The molecule has 0 heterocycles. The molecule has 22 heavy (non-hydrogen) atoms. The molecular weight excluding hydrogens is 321 g/mol. The van der Waals surface area contributed by atoms with Crippen molar-refractivity contribution in [1.29, 1.82) is 0 Å². The van der Waals surface area contributed by atoms with Crippen LogP contribution in [-0.4, -0.2) is 11.7 Å². The van der Waals surface area contributed by atoms with Crippen molar-refractivity contribution in [2.45, 2.75) is 19.8 Å². The van der Waals surface area contributed by atoms with Gasteiger partial charge in [-0.2, -0.15) is 0 Å². The summed E-state index contributed by atoms with van der Waals surface area (Å²) in [6.07, 6.45) is 0.264. The van der Waals surface area contributed by atoms with E-state index in [0.717, 1.165) is 5.56 Å². The van der Waals surface area contributed by atoms with Gasteiger partial charge in [0.15, 0.2) is 5.78 Å². The van der Waals surface area contributed by atoms with E-state index in [9.17, 15) is 9.59 Å². The molecule has 0 saturated heterocycles. The van der Waals surface area contributed by atoms with E-state index in [1.165, 1.54) is 0 Å². The van der Waals surface area contributed by atoms with Crippen LogP contribution >= 0.6 is 23.2 Å². The molecule has 2 aromatic carbocycles. The lowest BCUT2D eigenvalue weighted by molar-refractivity contribution is -0.116. The van der Waals surface area contributed by atoms with Crippen LogP contribution in [-0.2, 0) is 4.79 Å². The molecule has 0 radical (unpaired) electrons. The molecule has 0 aliphatic carbocycles. The van der Waals surface area contributed by atoms with Crippen molar-refractivity contribution in [1.82, 2.24) is 0 Å². The number of hydrogen-bond acceptors (Lipinski definition) is 2. The number of benzene rings is 2. The van der Waals surface area contributed by atoms with Crippen LogP contribution in [0.2, 0.25) is 10.0 Å². The Morgan fingerprint density at radius 3 is 2.32 bits per heavy atom. The first-order valence-corrected chi connectivity index (χ1v) is 7.56. The van der Waals surface area contributed by atoms with Gasteiger partial charge in [0.25, 0.3) is 0 Å². The fraction of sp³-hybridized carbons (Fsp3) is 0.176. The molecule has 0 aliphatic heterocycles. The van der Waals surface area contributed by atoms with E-state index in [0.29, 0.717) is 21.3 Å². The average Bonchev–Trinajstić information content (AvgIpc) is 2.49. The number of halogens is 2. The standard InChI is InChI=1S/C17H15Cl2NO2/c1-11-2-7-14(10-15(11)19)20-17(22)9-8-16(21)12-3-5-13(18)6-4-12/h2-7,10H,8-9H2,1H3,(H,20,22). The molecule has 2 rings (SSSR count). The van der Waals surface area contributed by atoms with Gasteiger partial charge in [0, 0.05) is 34.1 Å². The fourth-order valence-electron chi connectivity index (χ4n) is 1.90. The number of ketones is 1. The summed E-state index contributed by atoms with van der Waals surface area (Å²) in [4.78, 5) is 23.8. The largest absolute Gasteiger partial charge is 0.326 e. The Morgan fingerprint density at radius 1 is 1.00 bits per heavy atom. The van der Waals surface area contributed by atoms with E-state index in [1.807, 2.05) is 13.0 Å². The van der Waals surface area contributed by atoms with Gasteiger partial charge in [-0.15, -0.1) is 0 Å². The highest BCUT2D eigenvalue weighted by atomic mass is 35.5. The number of carbonyl (C=O) groups is 2. The third kappa shape index (κ3) is 4.58. The zero-order valence-corrected chi connectivity index (χ0v) is 13.5. The highest BCUT2D eigenvalue weighted by Gasteiger charge is 2.10. The van der Waals surface area contributed by atoms with Gasteiger partial charge in [-0.3, -0.25) is 9.59 Å². The van der Waals surface area contributed by atoms with Crippen LogP contribution in [0, 0.1) is 6.92 Å². The van der Waals surface area contributed by atoms with Crippen LogP contribution in [0.15, 0.2) is 42.5 Å². The second-order valence-corrected chi connectivity index (χ2v) is 5.79. The molecule has 0 aromatic heterocycles. The number of anilines is 1. The number of amides is 1. The van der Waals surface area contributed by atoms with E-state index in [4.69, 9.17) is 23.2 Å². The Morgan fingerprint density at radius 2 is 1.68 bits per heavy atom. The van der Waals surface area contributed by atoms with Gasteiger partial charge >= 0.3 is 0 Å². The molecule has 3 nitrogen and oxygen atoms in total. The number of rotatable bonds is 5. The summed E-state index contributed by atoms with van der Waals surface area (Å²) in [5.74, 6) is -0.309. The first-order valence-electron chi connectivity index (χ1n) is 6.80. The maximum Gasteiger partial charge on any atom is 0.224 e. The molecular formula is C17H15Cl2NO2. The third-order valence-corrected chi connectivity index (χ3v) is 3.86. The van der Waals surface area contributed by atoms with Crippen molar-refractivity contribution < 1.29 is 9.59 Å². The predicted molar refractivity (Wildman–Crippen MR) is 89.8 cm³/mol. The molecule has 1 N–H and O–H groups in total. The summed E-state index contributed by atoms with van der Waals surface area (Å²) >= 11 is 11.8. The minimum absolute atomic E-state index is 0.0891. The molecule has 0 spiro atoms. The Balaban J connectivity index is 1.88. The van der Waals surface area contributed by atoms with Crippen LogP contribution < -0.4 is 5.32 Å². The highest BCUT2D eigenvalue weighted by molar-refractivity contribution is 6.31. The molecule has 0 bridgehead atoms. The lowest BCUT2D eigenvalue weighted by Crippen LogP contribution is -2.13. The van der Waals surface area contributed by atoms with E-state index in [2.05, 4.69) is 5.32 Å². The maximum absolute atomic E-state index is 12.0. The molecule has 0 unspecified atom stereocenters. The quantitative estimate of drug-likeness (QED) is 0.789. The second kappa shape index (κ2) is 7.43. The lowest BCUT2D eigenvalue weighted by atomic mass is 10.1. The number of nitrogens with one attached hydrogen (secondary N) is 1. The van der Waals surface area contributed by atoms with Gasteiger partial charge in [-0.25, -0.2) is 0 Å². The topological polar surface area (TPSA) is 46.2 Å². The van der Waals surface area contributed by atoms with E-state index in [-0.39, 0.29) is 24.5 Å². The molecule has 114 valence electrons. The van der Waals surface area contributed by atoms with Crippen LogP contribution in [0.1, 0.15) is 28.8 Å². The van der Waals surface area contributed by atoms with Crippen molar-refractivity contribution in [3.05, 3.63) is 63.6 Å². The van der Waals surface area contributed by atoms with Crippen LogP contribution in [0.25, 0.3) is 0 Å². The fourth-order valence-corrected chi connectivity index (χ4v) is 2.21.